The van der Waals surface area contributed by atoms with Crippen LogP contribution in [0.5, 0.6) is 0 Å². The molecule has 262 valence electrons. The molecule has 0 spiro atoms. The van der Waals surface area contributed by atoms with Crippen molar-refractivity contribution in [3.8, 4) is 22.3 Å². The van der Waals surface area contributed by atoms with E-state index in [0.29, 0.717) is 0 Å². The van der Waals surface area contributed by atoms with Gasteiger partial charge in [-0.1, -0.05) is 121 Å². The molecule has 0 radical (unpaired) electrons. The van der Waals surface area contributed by atoms with Crippen molar-refractivity contribution in [1.29, 1.82) is 0 Å². The molecule has 12 rings (SSSR count). The summed E-state index contributed by atoms with van der Waals surface area (Å²) < 4.78 is 11.8. The zero-order valence-electron chi connectivity index (χ0n) is 30.1. The molecule has 0 saturated heterocycles. The third-order valence-corrected chi connectivity index (χ3v) is 13.6. The molecule has 2 nitrogen and oxygen atoms in total. The number of benzene rings is 9. The van der Waals surface area contributed by atoms with Gasteiger partial charge < -0.3 is 9.32 Å². The number of hydrogen-bond donors (Lipinski definition) is 0. The Labute approximate surface area is 330 Å². The van der Waals surface area contributed by atoms with Gasteiger partial charge >= 0.3 is 0 Å². The van der Waals surface area contributed by atoms with Crippen molar-refractivity contribution in [3.63, 3.8) is 0 Å². The molecule has 0 aliphatic carbocycles. The van der Waals surface area contributed by atoms with Crippen LogP contribution in [0.2, 0.25) is 0 Å². The molecule has 0 N–H and O–H groups in total. The average Bonchev–Trinajstić information content (AvgIpc) is 3.96. The quantitative estimate of drug-likeness (QED) is 0.174. The van der Waals surface area contributed by atoms with E-state index in [1.54, 1.807) is 0 Å². The third-order valence-electron chi connectivity index (χ3n) is 11.3. The highest BCUT2D eigenvalue weighted by atomic mass is 32.1. The van der Waals surface area contributed by atoms with Gasteiger partial charge in [-0.3, -0.25) is 0 Å². The van der Waals surface area contributed by atoms with Gasteiger partial charge in [-0.15, -0.1) is 22.7 Å². The van der Waals surface area contributed by atoms with Gasteiger partial charge in [-0.25, -0.2) is 0 Å². The molecule has 12 aromatic rings. The molecule has 0 saturated carbocycles. The molecule has 0 fully saturated rings. The minimum Gasteiger partial charge on any atom is -0.455 e. The predicted molar refractivity (Wildman–Crippen MR) is 243 cm³/mol. The lowest BCUT2D eigenvalue weighted by Gasteiger charge is -2.26. The van der Waals surface area contributed by atoms with Crippen molar-refractivity contribution in [3.05, 3.63) is 188 Å². The summed E-state index contributed by atoms with van der Waals surface area (Å²) in [7, 11) is 0. The van der Waals surface area contributed by atoms with Crippen LogP contribution in [0, 0.1) is 0 Å². The van der Waals surface area contributed by atoms with Crippen LogP contribution in [0.4, 0.5) is 17.1 Å². The summed E-state index contributed by atoms with van der Waals surface area (Å²) in [6, 6.07) is 68.4. The van der Waals surface area contributed by atoms with E-state index >= 15 is 0 Å². The number of thiophene rings is 2. The maximum Gasteiger partial charge on any atom is 0.143 e. The fraction of sp³-hybridized carbons (Fsp3) is 0. The highest BCUT2D eigenvalue weighted by Crippen LogP contribution is 2.46. The minimum absolute atomic E-state index is 0.905. The largest absolute Gasteiger partial charge is 0.455 e. The summed E-state index contributed by atoms with van der Waals surface area (Å²) in [4.78, 5) is 2.42. The lowest BCUT2D eigenvalue weighted by molar-refractivity contribution is 0.673. The summed E-state index contributed by atoms with van der Waals surface area (Å²) in [6.45, 7) is 0. The topological polar surface area (TPSA) is 16.4 Å². The van der Waals surface area contributed by atoms with Gasteiger partial charge in [0, 0.05) is 63.2 Å². The first kappa shape index (κ1) is 31.6. The van der Waals surface area contributed by atoms with Gasteiger partial charge in [0.1, 0.15) is 11.2 Å². The molecule has 0 atom stereocenters. The lowest BCUT2D eigenvalue weighted by atomic mass is 9.98. The van der Waals surface area contributed by atoms with Crippen LogP contribution >= 0.6 is 22.7 Å². The molecule has 0 aliphatic rings. The van der Waals surface area contributed by atoms with Crippen LogP contribution < -0.4 is 4.90 Å². The predicted octanol–water partition coefficient (Wildman–Crippen LogP) is 16.3. The Hall–Kier alpha value is -6.72. The number of rotatable bonds is 5. The second-order valence-corrected chi connectivity index (χ2v) is 16.6. The van der Waals surface area contributed by atoms with E-state index in [2.05, 4.69) is 193 Å². The first-order chi connectivity index (χ1) is 27.7. The Kier molecular flexibility index (Phi) is 7.00. The second kappa shape index (κ2) is 12.4. The highest BCUT2D eigenvalue weighted by Gasteiger charge is 2.20. The van der Waals surface area contributed by atoms with E-state index in [0.717, 1.165) is 44.3 Å². The highest BCUT2D eigenvalue weighted by molar-refractivity contribution is 7.26. The van der Waals surface area contributed by atoms with Gasteiger partial charge in [-0.05, 0) is 94.4 Å². The van der Waals surface area contributed by atoms with Crippen LogP contribution in [-0.2, 0) is 0 Å². The fourth-order valence-corrected chi connectivity index (χ4v) is 10.9. The zero-order valence-corrected chi connectivity index (χ0v) is 31.7. The lowest BCUT2D eigenvalue weighted by Crippen LogP contribution is -2.10. The summed E-state index contributed by atoms with van der Waals surface area (Å²) in [5, 5.41) is 9.83. The summed E-state index contributed by atoms with van der Waals surface area (Å²) in [6.07, 6.45) is 0. The molecule has 0 aliphatic heterocycles. The number of fused-ring (bicyclic) bond motifs is 11. The number of anilines is 3. The Morgan fingerprint density at radius 1 is 0.393 bits per heavy atom. The van der Waals surface area contributed by atoms with Crippen LogP contribution in [0.3, 0.4) is 0 Å². The zero-order chi connectivity index (χ0) is 36.7. The van der Waals surface area contributed by atoms with Gasteiger partial charge in [0.25, 0.3) is 0 Å². The Morgan fingerprint density at radius 2 is 1.02 bits per heavy atom. The summed E-state index contributed by atoms with van der Waals surface area (Å²) in [5.41, 5.74) is 9.99. The van der Waals surface area contributed by atoms with Crippen molar-refractivity contribution in [2.24, 2.45) is 0 Å². The van der Waals surface area contributed by atoms with Crippen molar-refractivity contribution in [1.82, 2.24) is 0 Å². The molecular weight excluding hydrogens is 719 g/mol. The minimum atomic E-state index is 0.905. The molecule has 0 unspecified atom stereocenters. The SMILES string of the molecule is c1ccc2c(c1)ccc1c2oc2cccc(-c3ccc(N(c4ccc(-c5ccc6sc7ccccc7c6c5)cc4)c4cccc5c4sc4ccccc45)cc3)c21. The molecular formula is C52H31NOS2. The van der Waals surface area contributed by atoms with Gasteiger partial charge in [0.15, 0.2) is 0 Å². The fourth-order valence-electron chi connectivity index (χ4n) is 8.63. The smallest absolute Gasteiger partial charge is 0.143 e. The molecule has 9 aromatic carbocycles. The first-order valence-electron chi connectivity index (χ1n) is 18.9. The molecule has 0 bridgehead atoms. The summed E-state index contributed by atoms with van der Waals surface area (Å²) >= 11 is 3.72. The van der Waals surface area contributed by atoms with Crippen molar-refractivity contribution in [2.45, 2.75) is 0 Å². The average molecular weight is 750 g/mol. The van der Waals surface area contributed by atoms with Crippen LogP contribution in [0.1, 0.15) is 0 Å². The van der Waals surface area contributed by atoms with E-state index in [4.69, 9.17) is 4.42 Å². The Balaban J connectivity index is 0.993. The standard InChI is InChI=1S/C52H31NOS2/c1-2-10-39-33(9-1)23-29-43-50-38(13-8-16-46(50)54-51(39)43)34-21-27-37(28-22-34)53(45-15-7-14-42-40-11-3-6-18-48(40)56-52(42)45)36-25-19-32(20-26-36)35-24-30-49-44(31-35)41-12-4-5-17-47(41)55-49/h1-31H. The Morgan fingerprint density at radius 3 is 1.82 bits per heavy atom. The number of furan rings is 1. The van der Waals surface area contributed by atoms with Gasteiger partial charge in [-0.2, -0.15) is 0 Å². The van der Waals surface area contributed by atoms with Gasteiger partial charge in [0.05, 0.1) is 10.4 Å². The second-order valence-electron chi connectivity index (χ2n) is 14.4. The van der Waals surface area contributed by atoms with E-state index in [-0.39, 0.29) is 0 Å². The number of nitrogens with zero attached hydrogens (tertiary/aromatic N) is 1. The molecule has 4 heteroatoms. The van der Waals surface area contributed by atoms with Crippen LogP contribution in [-0.4, -0.2) is 0 Å². The van der Waals surface area contributed by atoms with Crippen molar-refractivity contribution >= 4 is 113 Å². The first-order valence-corrected chi connectivity index (χ1v) is 20.5. The van der Waals surface area contributed by atoms with Crippen LogP contribution in [0.25, 0.3) is 95.3 Å². The molecule has 3 aromatic heterocycles. The van der Waals surface area contributed by atoms with E-state index < -0.39 is 0 Å². The molecule has 0 amide bonds. The Bertz CT molecular complexity index is 3480. The van der Waals surface area contributed by atoms with Crippen molar-refractivity contribution in [2.75, 3.05) is 4.90 Å². The van der Waals surface area contributed by atoms with E-state index in [1.807, 2.05) is 22.7 Å². The monoisotopic (exact) mass is 749 g/mol. The maximum absolute atomic E-state index is 6.54. The maximum atomic E-state index is 6.54. The van der Waals surface area contributed by atoms with Crippen LogP contribution in [0.15, 0.2) is 192 Å². The van der Waals surface area contributed by atoms with Gasteiger partial charge in [0.2, 0.25) is 0 Å². The number of hydrogen-bond acceptors (Lipinski definition) is 4. The van der Waals surface area contributed by atoms with Crippen molar-refractivity contribution < 1.29 is 4.42 Å². The molecule has 3 heterocycles. The van der Waals surface area contributed by atoms with E-state index in [1.165, 1.54) is 68.1 Å². The normalized spacial score (nSPS) is 11.9. The summed E-state index contributed by atoms with van der Waals surface area (Å²) in [5.74, 6) is 0. The third kappa shape index (κ3) is 4.86. The molecule has 56 heavy (non-hydrogen) atoms. The van der Waals surface area contributed by atoms with E-state index in [9.17, 15) is 0 Å².